The van der Waals surface area contributed by atoms with Crippen molar-refractivity contribution in [3.8, 4) is 5.75 Å². The van der Waals surface area contributed by atoms with E-state index >= 15 is 0 Å². The highest BCUT2D eigenvalue weighted by Crippen LogP contribution is 2.44. The van der Waals surface area contributed by atoms with E-state index in [2.05, 4.69) is 37.2 Å². The molecule has 4 aromatic rings. The molecule has 2 N–H and O–H groups in total. The highest BCUT2D eigenvalue weighted by atomic mass is 79.9. The summed E-state index contributed by atoms with van der Waals surface area (Å²) in [6.07, 6.45) is 0.825. The van der Waals surface area contributed by atoms with Gasteiger partial charge in [0.25, 0.3) is 5.91 Å². The zero-order chi connectivity index (χ0) is 30.2. The lowest BCUT2D eigenvalue weighted by atomic mass is 9.82. The molecular formula is C34H31Br2ClN2O4. The van der Waals surface area contributed by atoms with Crippen molar-refractivity contribution < 1.29 is 19.4 Å². The summed E-state index contributed by atoms with van der Waals surface area (Å²) in [6.45, 7) is 0.918. The minimum absolute atomic E-state index is 0.0708. The molecule has 1 aliphatic rings. The second kappa shape index (κ2) is 14.5. The highest BCUT2D eigenvalue weighted by Gasteiger charge is 2.53. The van der Waals surface area contributed by atoms with Crippen LogP contribution in [-0.2, 0) is 22.4 Å². The van der Waals surface area contributed by atoms with E-state index in [-0.39, 0.29) is 12.5 Å². The number of nitrogens with zero attached hydrogens (tertiary/aromatic N) is 1. The van der Waals surface area contributed by atoms with Crippen molar-refractivity contribution in [1.29, 1.82) is 0 Å². The zero-order valence-electron chi connectivity index (χ0n) is 23.3. The Morgan fingerprint density at radius 2 is 1.65 bits per heavy atom. The predicted octanol–water partition coefficient (Wildman–Crippen LogP) is 7.48. The SMILES string of the molecule is O=C(NCCc1ccc(Cl)cc1)[C@]1(Cc2ccc(Br)cc2)N=C(c2ccc(OCCCO)cc2)O[C@@H]1c1ccccc1Br. The van der Waals surface area contributed by atoms with Gasteiger partial charge in [0.2, 0.25) is 5.90 Å². The van der Waals surface area contributed by atoms with Crippen molar-refractivity contribution in [2.24, 2.45) is 4.99 Å². The van der Waals surface area contributed by atoms with Gasteiger partial charge in [-0.25, -0.2) is 4.99 Å². The maximum atomic E-state index is 14.4. The normalized spacial score (nSPS) is 17.7. The van der Waals surface area contributed by atoms with Gasteiger partial charge in [-0.05, 0) is 72.1 Å². The van der Waals surface area contributed by atoms with Crippen molar-refractivity contribution in [1.82, 2.24) is 5.32 Å². The first kappa shape index (κ1) is 31.3. The zero-order valence-corrected chi connectivity index (χ0v) is 27.2. The van der Waals surface area contributed by atoms with E-state index < -0.39 is 11.6 Å². The molecule has 0 fully saturated rings. The van der Waals surface area contributed by atoms with Gasteiger partial charge in [0.15, 0.2) is 11.6 Å². The van der Waals surface area contributed by atoms with Crippen LogP contribution in [0.4, 0.5) is 0 Å². The highest BCUT2D eigenvalue weighted by molar-refractivity contribution is 9.10. The van der Waals surface area contributed by atoms with Gasteiger partial charge in [-0.3, -0.25) is 4.79 Å². The molecule has 0 aliphatic carbocycles. The van der Waals surface area contributed by atoms with Crippen LogP contribution in [-0.4, -0.2) is 42.2 Å². The molecule has 6 nitrogen and oxygen atoms in total. The molecule has 0 unspecified atom stereocenters. The maximum Gasteiger partial charge on any atom is 0.252 e. The second-order valence-electron chi connectivity index (χ2n) is 10.2. The van der Waals surface area contributed by atoms with E-state index in [0.717, 1.165) is 31.2 Å². The summed E-state index contributed by atoms with van der Waals surface area (Å²) in [5.41, 5.74) is 2.30. The molecule has 0 saturated carbocycles. The fourth-order valence-electron chi connectivity index (χ4n) is 4.98. The van der Waals surface area contributed by atoms with Crippen molar-refractivity contribution in [3.05, 3.63) is 133 Å². The van der Waals surface area contributed by atoms with Crippen LogP contribution in [0.2, 0.25) is 5.02 Å². The smallest absolute Gasteiger partial charge is 0.252 e. The topological polar surface area (TPSA) is 80.2 Å². The first-order valence-corrected chi connectivity index (χ1v) is 16.0. The van der Waals surface area contributed by atoms with E-state index in [1.807, 2.05) is 97.1 Å². The van der Waals surface area contributed by atoms with Crippen LogP contribution in [0.1, 0.15) is 34.8 Å². The van der Waals surface area contributed by atoms with Crippen LogP contribution >= 0.6 is 43.5 Å². The Balaban J connectivity index is 1.51. The van der Waals surface area contributed by atoms with Crippen LogP contribution in [0.25, 0.3) is 0 Å². The standard InChI is InChI=1S/C34H31Br2ClN2O4/c35-26-12-6-24(7-13-26)22-34(33(41)38-19-18-23-8-14-27(37)15-9-23)31(29-4-1-2-5-30(29)36)43-32(39-34)25-10-16-28(17-11-25)42-21-3-20-40/h1-2,4-17,31,40H,3,18-22H2,(H,38,41)/t31-,34-/m1/s1. The molecule has 0 spiro atoms. The first-order valence-electron chi connectivity index (χ1n) is 14.0. The molecule has 0 bridgehead atoms. The number of rotatable bonds is 12. The number of hydrogen-bond acceptors (Lipinski definition) is 5. The van der Waals surface area contributed by atoms with Crippen LogP contribution in [0.5, 0.6) is 5.75 Å². The van der Waals surface area contributed by atoms with Gasteiger partial charge in [0.05, 0.1) is 6.61 Å². The summed E-state index contributed by atoms with van der Waals surface area (Å²) in [4.78, 5) is 19.5. The summed E-state index contributed by atoms with van der Waals surface area (Å²) in [6, 6.07) is 30.7. The van der Waals surface area contributed by atoms with Crippen LogP contribution in [0.15, 0.2) is 111 Å². The number of carbonyl (C=O) groups is 1. The average Bonchev–Trinajstić information content (AvgIpc) is 3.40. The van der Waals surface area contributed by atoms with E-state index in [4.69, 9.17) is 31.2 Å². The number of aliphatic imine (C=N–C) groups is 1. The molecule has 0 saturated heterocycles. The molecule has 43 heavy (non-hydrogen) atoms. The van der Waals surface area contributed by atoms with E-state index in [1.165, 1.54) is 0 Å². The lowest BCUT2D eigenvalue weighted by Crippen LogP contribution is -2.50. The van der Waals surface area contributed by atoms with Crippen molar-refractivity contribution in [2.45, 2.75) is 30.9 Å². The Hall–Kier alpha value is -3.17. The van der Waals surface area contributed by atoms with Crippen molar-refractivity contribution >= 4 is 55.3 Å². The molecule has 1 amide bonds. The number of carbonyl (C=O) groups excluding carboxylic acids is 1. The minimum atomic E-state index is -1.29. The van der Waals surface area contributed by atoms with Gasteiger partial charge >= 0.3 is 0 Å². The largest absolute Gasteiger partial charge is 0.494 e. The van der Waals surface area contributed by atoms with Gasteiger partial charge in [-0.15, -0.1) is 0 Å². The molecule has 9 heteroatoms. The van der Waals surface area contributed by atoms with Crippen molar-refractivity contribution in [2.75, 3.05) is 19.8 Å². The van der Waals surface area contributed by atoms with Gasteiger partial charge in [-0.1, -0.05) is 85.9 Å². The van der Waals surface area contributed by atoms with Gasteiger partial charge in [-0.2, -0.15) is 0 Å². The maximum absolute atomic E-state index is 14.4. The first-order chi connectivity index (χ1) is 20.9. The van der Waals surface area contributed by atoms with E-state index in [1.54, 1.807) is 0 Å². The number of hydrogen-bond donors (Lipinski definition) is 2. The van der Waals surface area contributed by atoms with Gasteiger partial charge in [0.1, 0.15) is 5.75 Å². The number of aliphatic hydroxyl groups excluding tert-OH is 1. The molecule has 4 aromatic carbocycles. The van der Waals surface area contributed by atoms with E-state index in [0.29, 0.717) is 49.1 Å². The molecule has 1 heterocycles. The lowest BCUT2D eigenvalue weighted by Gasteiger charge is -2.31. The number of nitrogens with one attached hydrogen (secondary N) is 1. The number of aliphatic hydroxyl groups is 1. The second-order valence-corrected chi connectivity index (χ2v) is 12.5. The Morgan fingerprint density at radius 3 is 2.35 bits per heavy atom. The lowest BCUT2D eigenvalue weighted by molar-refractivity contribution is -0.128. The summed E-state index contributed by atoms with van der Waals surface area (Å²) in [5.74, 6) is 0.843. The molecule has 222 valence electrons. The monoisotopic (exact) mass is 724 g/mol. The van der Waals surface area contributed by atoms with Crippen LogP contribution < -0.4 is 10.1 Å². The number of amides is 1. The van der Waals surface area contributed by atoms with E-state index in [9.17, 15) is 4.79 Å². The number of ether oxygens (including phenoxy) is 2. The third-order valence-electron chi connectivity index (χ3n) is 7.22. The molecule has 1 aliphatic heterocycles. The van der Waals surface area contributed by atoms with Crippen LogP contribution in [0, 0.1) is 0 Å². The fourth-order valence-corrected chi connectivity index (χ4v) is 5.87. The third kappa shape index (κ3) is 7.68. The number of benzene rings is 4. The molecule has 0 aromatic heterocycles. The van der Waals surface area contributed by atoms with Gasteiger partial charge in [0, 0.05) is 51.1 Å². The molecular weight excluding hydrogens is 696 g/mol. The fraction of sp³-hybridized carbons (Fsp3) is 0.235. The quantitative estimate of drug-likeness (QED) is 0.149. The summed E-state index contributed by atoms with van der Waals surface area (Å²) in [5, 5.41) is 12.9. The predicted molar refractivity (Wildman–Crippen MR) is 177 cm³/mol. The minimum Gasteiger partial charge on any atom is -0.494 e. The average molecular weight is 727 g/mol. The molecule has 0 radical (unpaired) electrons. The third-order valence-corrected chi connectivity index (χ3v) is 8.72. The molecule has 5 rings (SSSR count). The van der Waals surface area contributed by atoms with Gasteiger partial charge < -0.3 is 19.9 Å². The summed E-state index contributed by atoms with van der Waals surface area (Å²) >= 11 is 13.3. The summed E-state index contributed by atoms with van der Waals surface area (Å²) < 4.78 is 14.1. The summed E-state index contributed by atoms with van der Waals surface area (Å²) in [7, 11) is 0. The molecule has 2 atom stereocenters. The van der Waals surface area contributed by atoms with Crippen LogP contribution in [0.3, 0.4) is 0 Å². The number of halogens is 3. The Labute approximate surface area is 273 Å². The Morgan fingerprint density at radius 1 is 0.953 bits per heavy atom. The van der Waals surface area contributed by atoms with Crippen molar-refractivity contribution in [3.63, 3.8) is 0 Å². The Kier molecular flexibility index (Phi) is 10.6. The Bertz CT molecular complexity index is 1560.